The summed E-state index contributed by atoms with van der Waals surface area (Å²) in [5.74, 6) is -3.88. The Bertz CT molecular complexity index is 1790. The van der Waals surface area contributed by atoms with Gasteiger partial charge >= 0.3 is 0 Å². The summed E-state index contributed by atoms with van der Waals surface area (Å²) in [7, 11) is -0.932. The monoisotopic (exact) mass is 758 g/mol. The SMILES string of the molecule is CN(C)S(=O)(=O)c1ccc(C(=O)N[C@H](CC2CCCCC2)C(=O)N2CC(n3nncc3C(C)(C)O)CC2C(=O)NC2(C(=O)C(N)=O)CCOCC2)cc1. The first-order valence-corrected chi connectivity index (χ1v) is 19.4. The highest BCUT2D eigenvalue weighted by Crippen LogP contribution is 2.34. The molecule has 2 aliphatic heterocycles. The summed E-state index contributed by atoms with van der Waals surface area (Å²) in [5, 5.41) is 24.7. The van der Waals surface area contributed by atoms with Crippen LogP contribution in [0.1, 0.15) is 93.7 Å². The van der Waals surface area contributed by atoms with Crippen molar-refractivity contribution < 1.29 is 42.2 Å². The van der Waals surface area contributed by atoms with Crippen LogP contribution in [-0.4, -0.2) is 119 Å². The molecule has 0 radical (unpaired) electrons. The summed E-state index contributed by atoms with van der Waals surface area (Å²) in [6.07, 6.45) is 6.47. The van der Waals surface area contributed by atoms with Gasteiger partial charge in [0.25, 0.3) is 11.8 Å². The van der Waals surface area contributed by atoms with Crippen LogP contribution in [0.5, 0.6) is 0 Å². The van der Waals surface area contributed by atoms with Crippen molar-refractivity contribution in [1.29, 1.82) is 0 Å². The number of carbonyl (C=O) groups is 5. The molecule has 5 N–H and O–H groups in total. The first-order valence-electron chi connectivity index (χ1n) is 18.0. The number of sulfonamides is 1. The Morgan fingerprint density at radius 3 is 2.30 bits per heavy atom. The fourth-order valence-electron chi connectivity index (χ4n) is 7.53. The van der Waals surface area contributed by atoms with E-state index < -0.39 is 68.7 Å². The number of hydrogen-bond donors (Lipinski definition) is 4. The van der Waals surface area contributed by atoms with Crippen LogP contribution in [-0.2, 0) is 39.5 Å². The smallest absolute Gasteiger partial charge is 0.287 e. The van der Waals surface area contributed by atoms with E-state index >= 15 is 0 Å². The van der Waals surface area contributed by atoms with Gasteiger partial charge in [0, 0.05) is 58.7 Å². The molecule has 0 spiro atoms. The summed E-state index contributed by atoms with van der Waals surface area (Å²) < 4.78 is 33.2. The fourth-order valence-corrected chi connectivity index (χ4v) is 8.43. The van der Waals surface area contributed by atoms with E-state index in [2.05, 4.69) is 20.9 Å². The molecule has 5 rings (SSSR count). The van der Waals surface area contributed by atoms with Gasteiger partial charge in [0.1, 0.15) is 23.2 Å². The zero-order valence-electron chi connectivity index (χ0n) is 30.6. The average molecular weight is 759 g/mol. The predicted molar refractivity (Wildman–Crippen MR) is 189 cm³/mol. The molecule has 1 saturated carbocycles. The Balaban J connectivity index is 1.48. The Kier molecular flexibility index (Phi) is 12.1. The van der Waals surface area contributed by atoms with Crippen LogP contribution in [0, 0.1) is 5.92 Å². The molecule has 18 heteroatoms. The molecule has 3 fully saturated rings. The molecular formula is C35H50N8O9S. The van der Waals surface area contributed by atoms with Crippen LogP contribution in [0.4, 0.5) is 0 Å². The zero-order valence-corrected chi connectivity index (χ0v) is 31.4. The number of ether oxygens (including phenoxy) is 1. The average Bonchev–Trinajstić information content (AvgIpc) is 3.80. The lowest BCUT2D eigenvalue weighted by Gasteiger charge is -2.37. The summed E-state index contributed by atoms with van der Waals surface area (Å²) in [4.78, 5) is 69.4. The van der Waals surface area contributed by atoms with Gasteiger partial charge in [0.15, 0.2) is 0 Å². The van der Waals surface area contributed by atoms with E-state index in [1.165, 1.54) is 54.1 Å². The number of nitrogens with zero attached hydrogens (tertiary/aromatic N) is 5. The van der Waals surface area contributed by atoms with Crippen LogP contribution in [0.15, 0.2) is 35.4 Å². The lowest BCUT2D eigenvalue weighted by molar-refractivity contribution is -0.147. The van der Waals surface area contributed by atoms with E-state index in [4.69, 9.17) is 10.5 Å². The van der Waals surface area contributed by atoms with Crippen molar-refractivity contribution in [2.75, 3.05) is 33.9 Å². The van der Waals surface area contributed by atoms with Crippen molar-refractivity contribution in [3.8, 4) is 0 Å². The second-order valence-electron chi connectivity index (χ2n) is 15.0. The van der Waals surface area contributed by atoms with Crippen molar-refractivity contribution in [2.24, 2.45) is 11.7 Å². The third-order valence-corrected chi connectivity index (χ3v) is 12.4. The maximum Gasteiger partial charge on any atom is 0.287 e. The number of nitrogens with one attached hydrogen (secondary N) is 2. The summed E-state index contributed by atoms with van der Waals surface area (Å²) in [6.45, 7) is 3.28. The van der Waals surface area contributed by atoms with E-state index in [1.54, 1.807) is 13.8 Å². The van der Waals surface area contributed by atoms with Gasteiger partial charge in [0.05, 0.1) is 22.8 Å². The third-order valence-electron chi connectivity index (χ3n) is 10.6. The van der Waals surface area contributed by atoms with Crippen molar-refractivity contribution >= 4 is 39.4 Å². The van der Waals surface area contributed by atoms with Crippen molar-refractivity contribution in [3.63, 3.8) is 0 Å². The van der Waals surface area contributed by atoms with Gasteiger partial charge in [-0.1, -0.05) is 37.3 Å². The molecule has 17 nitrogen and oxygen atoms in total. The summed E-state index contributed by atoms with van der Waals surface area (Å²) in [6, 6.07) is 2.53. The molecule has 1 aliphatic carbocycles. The first kappa shape index (κ1) is 39.9. The van der Waals surface area contributed by atoms with Crippen LogP contribution in [0.25, 0.3) is 0 Å². The number of carbonyl (C=O) groups excluding carboxylic acids is 5. The second kappa shape index (κ2) is 16.0. The van der Waals surface area contributed by atoms with Gasteiger partial charge in [-0.2, -0.15) is 0 Å². The minimum atomic E-state index is -3.74. The Labute approximate surface area is 309 Å². The molecule has 0 bridgehead atoms. The zero-order chi connectivity index (χ0) is 38.7. The normalized spacial score (nSPS) is 21.6. The van der Waals surface area contributed by atoms with Gasteiger partial charge < -0.3 is 31.1 Å². The number of aromatic nitrogens is 3. The molecular weight excluding hydrogens is 708 g/mol. The van der Waals surface area contributed by atoms with Gasteiger partial charge in [-0.3, -0.25) is 24.0 Å². The van der Waals surface area contributed by atoms with E-state index in [1.807, 2.05) is 0 Å². The summed E-state index contributed by atoms with van der Waals surface area (Å²) >= 11 is 0. The lowest BCUT2D eigenvalue weighted by Crippen LogP contribution is -2.64. The Morgan fingerprint density at radius 1 is 1.08 bits per heavy atom. The van der Waals surface area contributed by atoms with E-state index in [0.717, 1.165) is 36.4 Å². The number of amides is 4. The van der Waals surface area contributed by atoms with Crippen LogP contribution < -0.4 is 16.4 Å². The molecule has 1 aromatic heterocycles. The van der Waals surface area contributed by atoms with Crippen molar-refractivity contribution in [1.82, 2.24) is 34.8 Å². The first-order chi connectivity index (χ1) is 24.9. The van der Waals surface area contributed by atoms with Gasteiger partial charge in [-0.05, 0) is 50.5 Å². The maximum atomic E-state index is 14.8. The highest BCUT2D eigenvalue weighted by atomic mass is 32.2. The molecule has 53 heavy (non-hydrogen) atoms. The fraction of sp³-hybridized carbons (Fsp3) is 0.629. The lowest BCUT2D eigenvalue weighted by atomic mass is 9.84. The highest BCUT2D eigenvalue weighted by molar-refractivity contribution is 7.89. The molecule has 1 aromatic carbocycles. The predicted octanol–water partition coefficient (Wildman–Crippen LogP) is 0.387. The number of benzene rings is 1. The topological polar surface area (TPSA) is 236 Å². The molecule has 2 saturated heterocycles. The van der Waals surface area contributed by atoms with E-state index in [9.17, 15) is 37.5 Å². The number of aliphatic hydroxyl groups is 1. The second-order valence-corrected chi connectivity index (χ2v) is 17.1. The largest absolute Gasteiger partial charge is 0.384 e. The van der Waals surface area contributed by atoms with Gasteiger partial charge in [-0.15, -0.1) is 5.10 Å². The maximum absolute atomic E-state index is 14.8. The van der Waals surface area contributed by atoms with Gasteiger partial charge in [0.2, 0.25) is 27.6 Å². The molecule has 4 amide bonds. The van der Waals surface area contributed by atoms with Crippen LogP contribution >= 0.6 is 0 Å². The molecule has 290 valence electrons. The van der Waals surface area contributed by atoms with Crippen molar-refractivity contribution in [2.45, 2.75) is 106 Å². The minimum Gasteiger partial charge on any atom is -0.384 e. The molecule has 2 unspecified atom stereocenters. The number of Topliss-reactive ketones (excluding diaryl/α,β-unsaturated/α-hetero) is 1. The molecule has 3 atom stereocenters. The molecule has 3 heterocycles. The number of ketones is 1. The van der Waals surface area contributed by atoms with E-state index in [-0.39, 0.29) is 55.4 Å². The number of primary amides is 1. The molecule has 2 aromatic rings. The van der Waals surface area contributed by atoms with Gasteiger partial charge in [-0.25, -0.2) is 17.4 Å². The number of likely N-dealkylation sites (tertiary alicyclic amines) is 1. The van der Waals surface area contributed by atoms with Crippen LogP contribution in [0.2, 0.25) is 0 Å². The Hall–Kier alpha value is -4.26. The quantitative estimate of drug-likeness (QED) is 0.204. The van der Waals surface area contributed by atoms with E-state index in [0.29, 0.717) is 12.1 Å². The Morgan fingerprint density at radius 2 is 1.72 bits per heavy atom. The number of rotatable bonds is 13. The van der Waals surface area contributed by atoms with Crippen LogP contribution in [0.3, 0.4) is 0 Å². The summed E-state index contributed by atoms with van der Waals surface area (Å²) in [5.41, 5.74) is 2.91. The number of hydrogen-bond acceptors (Lipinski definition) is 11. The van der Waals surface area contributed by atoms with Crippen molar-refractivity contribution in [3.05, 3.63) is 41.7 Å². The third kappa shape index (κ3) is 8.77. The number of nitrogens with two attached hydrogens (primary N) is 1. The minimum absolute atomic E-state index is 0.00139. The standard InChI is InChI=1S/C35H50N8O9S/c1-34(2,49)28-20-37-40-43(28)24-19-27(32(47)39-35(29(44)30(36)45)14-16-52-17-15-35)42(21-24)33(48)26(18-22-8-6-5-7-9-22)38-31(46)23-10-12-25(13-11-23)53(50,51)41(3)4/h10-13,20,22,24,26-27,49H,5-9,14-19,21H2,1-4H3,(H2,36,45)(H,38,46)(H,39,47)/t24?,26-,27?/m1/s1. The highest BCUT2D eigenvalue weighted by Gasteiger charge is 2.49. The molecule has 3 aliphatic rings.